The Hall–Kier alpha value is -2.34. The number of piperidine rings is 1. The van der Waals surface area contributed by atoms with Crippen LogP contribution in [0.1, 0.15) is 33.1 Å². The molecule has 1 saturated heterocycles. The Morgan fingerprint density at radius 2 is 1.87 bits per heavy atom. The van der Waals surface area contributed by atoms with Crippen LogP contribution >= 0.6 is 11.8 Å². The highest BCUT2D eigenvalue weighted by Crippen LogP contribution is 2.20. The summed E-state index contributed by atoms with van der Waals surface area (Å²) >= 11 is 0.920. The van der Waals surface area contributed by atoms with Crippen LogP contribution in [0.4, 0.5) is 0 Å². The van der Waals surface area contributed by atoms with Crippen LogP contribution in [0.3, 0.4) is 0 Å². The van der Waals surface area contributed by atoms with Crippen LogP contribution in [0.15, 0.2) is 0 Å². The van der Waals surface area contributed by atoms with E-state index in [1.54, 1.807) is 0 Å². The van der Waals surface area contributed by atoms with Gasteiger partial charge in [0.1, 0.15) is 18.7 Å². The van der Waals surface area contributed by atoms with Crippen molar-refractivity contribution in [1.82, 2.24) is 15.5 Å². The Morgan fingerprint density at radius 1 is 1.20 bits per heavy atom. The van der Waals surface area contributed by atoms with E-state index in [1.807, 2.05) is 13.8 Å². The zero-order chi connectivity index (χ0) is 22.8. The normalized spacial score (nSPS) is 19.8. The number of hydrogen-bond acceptors (Lipinski definition) is 7. The molecule has 3 unspecified atom stereocenters. The van der Waals surface area contributed by atoms with Crippen LogP contribution in [0.2, 0.25) is 0 Å². The predicted octanol–water partition coefficient (Wildman–Crippen LogP) is -1.71. The number of nitrogens with one attached hydrogen (secondary N) is 2. The number of rotatable bonds is 11. The Labute approximate surface area is 179 Å². The van der Waals surface area contributed by atoms with Crippen LogP contribution in [-0.4, -0.2) is 87.5 Å². The van der Waals surface area contributed by atoms with Gasteiger partial charge < -0.3 is 31.5 Å². The van der Waals surface area contributed by atoms with Gasteiger partial charge in [-0.25, -0.2) is 0 Å². The zero-order valence-electron chi connectivity index (χ0n) is 17.1. The Morgan fingerprint density at radius 3 is 2.40 bits per heavy atom. The van der Waals surface area contributed by atoms with Crippen molar-refractivity contribution in [2.45, 2.75) is 51.2 Å². The van der Waals surface area contributed by atoms with Gasteiger partial charge in [0, 0.05) is 12.6 Å². The molecule has 12 heteroatoms. The number of amides is 4. The molecule has 0 aromatic rings. The topological polar surface area (TPSA) is 179 Å². The molecule has 1 aliphatic rings. The molecule has 0 spiro atoms. The first-order valence-electron chi connectivity index (χ1n) is 9.64. The standard InChI is InChI=1S/C18H30N4O7S/c1-10(2)5-12(17(19)28)21-18(29)13-6-11(20-14(24)7-23)3-4-22(13)15(25)8-30-9-16(26)27/h10-13,23H,3-9H2,1-2H3,(H2,19,28)(H,20,24)(H,21,29)(H,26,27). The fourth-order valence-electron chi connectivity index (χ4n) is 3.21. The average molecular weight is 447 g/mol. The fourth-order valence-corrected chi connectivity index (χ4v) is 3.83. The number of likely N-dealkylation sites (tertiary alicyclic amines) is 1. The van der Waals surface area contributed by atoms with Gasteiger partial charge in [-0.2, -0.15) is 0 Å². The highest BCUT2D eigenvalue weighted by atomic mass is 32.2. The van der Waals surface area contributed by atoms with E-state index in [0.29, 0.717) is 12.8 Å². The van der Waals surface area contributed by atoms with Gasteiger partial charge in [-0.05, 0) is 25.2 Å². The summed E-state index contributed by atoms with van der Waals surface area (Å²) in [6, 6.07) is -2.30. The van der Waals surface area contributed by atoms with Crippen LogP contribution < -0.4 is 16.4 Å². The van der Waals surface area contributed by atoms with Gasteiger partial charge in [-0.15, -0.1) is 11.8 Å². The first-order chi connectivity index (χ1) is 14.0. The summed E-state index contributed by atoms with van der Waals surface area (Å²) in [5.74, 6) is -3.58. The molecule has 1 rings (SSSR count). The number of nitrogens with zero attached hydrogens (tertiary/aromatic N) is 1. The van der Waals surface area contributed by atoms with Crippen molar-refractivity contribution in [2.75, 3.05) is 24.7 Å². The second kappa shape index (κ2) is 12.4. The monoisotopic (exact) mass is 446 g/mol. The SMILES string of the molecule is CC(C)CC(NC(=O)C1CC(NC(=O)CO)CCN1C(=O)CSCC(=O)O)C(N)=O. The van der Waals surface area contributed by atoms with E-state index in [0.717, 1.165) is 11.8 Å². The van der Waals surface area contributed by atoms with E-state index in [1.165, 1.54) is 4.90 Å². The van der Waals surface area contributed by atoms with Crippen LogP contribution in [0.25, 0.3) is 0 Å². The van der Waals surface area contributed by atoms with E-state index in [-0.39, 0.29) is 30.4 Å². The summed E-state index contributed by atoms with van der Waals surface area (Å²) in [6.07, 6.45) is 0.803. The first kappa shape index (κ1) is 25.7. The molecule has 1 fully saturated rings. The second-order valence-electron chi connectivity index (χ2n) is 7.53. The van der Waals surface area contributed by atoms with Gasteiger partial charge in [0.05, 0.1) is 11.5 Å². The molecule has 0 radical (unpaired) electrons. The third-order valence-electron chi connectivity index (χ3n) is 4.55. The first-order valence-corrected chi connectivity index (χ1v) is 10.8. The molecule has 4 amide bonds. The number of aliphatic carboxylic acids is 1. The van der Waals surface area contributed by atoms with Crippen molar-refractivity contribution in [3.63, 3.8) is 0 Å². The number of carboxylic acid groups (broad SMARTS) is 1. The number of aliphatic hydroxyl groups excluding tert-OH is 1. The quantitative estimate of drug-likeness (QED) is 0.249. The third kappa shape index (κ3) is 8.57. The maximum absolute atomic E-state index is 12.9. The van der Waals surface area contributed by atoms with Crippen molar-refractivity contribution in [1.29, 1.82) is 0 Å². The molecule has 0 aromatic heterocycles. The summed E-state index contributed by atoms with van der Waals surface area (Å²) in [7, 11) is 0. The number of primary amides is 1. The Bertz CT molecular complexity index is 658. The van der Waals surface area contributed by atoms with Crippen molar-refractivity contribution < 1.29 is 34.2 Å². The number of thioether (sulfide) groups is 1. The summed E-state index contributed by atoms with van der Waals surface area (Å²) < 4.78 is 0. The second-order valence-corrected chi connectivity index (χ2v) is 8.52. The summed E-state index contributed by atoms with van der Waals surface area (Å²) in [6.45, 7) is 3.21. The van der Waals surface area contributed by atoms with Crippen molar-refractivity contribution in [3.8, 4) is 0 Å². The summed E-state index contributed by atoms with van der Waals surface area (Å²) in [5, 5.41) is 22.8. The minimum Gasteiger partial charge on any atom is -0.481 e. The van der Waals surface area contributed by atoms with Gasteiger partial charge in [-0.1, -0.05) is 13.8 Å². The van der Waals surface area contributed by atoms with Crippen LogP contribution in [0, 0.1) is 5.92 Å². The van der Waals surface area contributed by atoms with E-state index in [4.69, 9.17) is 15.9 Å². The molecule has 0 bridgehead atoms. The minimum absolute atomic E-state index is 0.0934. The molecule has 30 heavy (non-hydrogen) atoms. The molecule has 1 heterocycles. The van der Waals surface area contributed by atoms with Crippen molar-refractivity contribution in [3.05, 3.63) is 0 Å². The van der Waals surface area contributed by atoms with Gasteiger partial charge in [0.25, 0.3) is 0 Å². The maximum Gasteiger partial charge on any atom is 0.313 e. The fraction of sp³-hybridized carbons (Fsp3) is 0.722. The highest BCUT2D eigenvalue weighted by molar-refractivity contribution is 8.00. The number of carboxylic acids is 1. The maximum atomic E-state index is 12.9. The summed E-state index contributed by atoms with van der Waals surface area (Å²) in [5.41, 5.74) is 5.38. The van der Waals surface area contributed by atoms with Crippen LogP contribution in [0.5, 0.6) is 0 Å². The molecule has 6 N–H and O–H groups in total. The number of aliphatic hydroxyl groups is 1. The van der Waals surface area contributed by atoms with Crippen molar-refractivity contribution >= 4 is 41.4 Å². The lowest BCUT2D eigenvalue weighted by atomic mass is 9.95. The predicted molar refractivity (Wildman–Crippen MR) is 109 cm³/mol. The van der Waals surface area contributed by atoms with E-state index in [9.17, 15) is 24.0 Å². The molecule has 0 saturated carbocycles. The Balaban J connectivity index is 2.93. The molecule has 3 atom stereocenters. The van der Waals surface area contributed by atoms with Gasteiger partial charge in [-0.3, -0.25) is 24.0 Å². The minimum atomic E-state index is -1.05. The molecule has 170 valence electrons. The lowest BCUT2D eigenvalue weighted by Gasteiger charge is -2.39. The zero-order valence-corrected chi connectivity index (χ0v) is 17.9. The van der Waals surface area contributed by atoms with Gasteiger partial charge >= 0.3 is 5.97 Å². The average Bonchev–Trinajstić information content (AvgIpc) is 2.66. The van der Waals surface area contributed by atoms with E-state index >= 15 is 0 Å². The highest BCUT2D eigenvalue weighted by Gasteiger charge is 2.37. The van der Waals surface area contributed by atoms with E-state index < -0.39 is 54.3 Å². The molecule has 0 aliphatic carbocycles. The third-order valence-corrected chi connectivity index (χ3v) is 5.45. The molecular formula is C18H30N4O7S. The number of hydrogen-bond donors (Lipinski definition) is 5. The van der Waals surface area contributed by atoms with E-state index in [2.05, 4.69) is 10.6 Å². The largest absolute Gasteiger partial charge is 0.481 e. The Kier molecular flexibility index (Phi) is 10.6. The number of carbonyl (C=O) groups is 5. The molecule has 0 aromatic carbocycles. The lowest BCUT2D eigenvalue weighted by molar-refractivity contribution is -0.142. The number of carbonyl (C=O) groups excluding carboxylic acids is 4. The van der Waals surface area contributed by atoms with Gasteiger partial charge in [0.2, 0.25) is 23.6 Å². The molecule has 1 aliphatic heterocycles. The lowest BCUT2D eigenvalue weighted by Crippen LogP contribution is -2.60. The summed E-state index contributed by atoms with van der Waals surface area (Å²) in [4.78, 5) is 60.7. The smallest absolute Gasteiger partial charge is 0.313 e. The molecular weight excluding hydrogens is 416 g/mol. The van der Waals surface area contributed by atoms with Gasteiger partial charge in [0.15, 0.2) is 0 Å². The van der Waals surface area contributed by atoms with Crippen molar-refractivity contribution in [2.24, 2.45) is 11.7 Å². The number of nitrogens with two attached hydrogens (primary N) is 1. The molecule has 11 nitrogen and oxygen atoms in total. The van der Waals surface area contributed by atoms with Crippen LogP contribution in [-0.2, 0) is 24.0 Å².